The Bertz CT molecular complexity index is 1780. The molecule has 3 aromatic carbocycles. The summed E-state index contributed by atoms with van der Waals surface area (Å²) in [5.41, 5.74) is 2.50. The highest BCUT2D eigenvalue weighted by atomic mass is 32.1. The summed E-state index contributed by atoms with van der Waals surface area (Å²) in [6, 6.07) is 17.9. The van der Waals surface area contributed by atoms with Crippen molar-refractivity contribution in [3.8, 4) is 17.2 Å². The molecule has 1 saturated heterocycles. The summed E-state index contributed by atoms with van der Waals surface area (Å²) in [6.45, 7) is 5.76. The number of carbonyl (C=O) groups excluding carboxylic acids is 3. The lowest BCUT2D eigenvalue weighted by atomic mass is 9.94. The van der Waals surface area contributed by atoms with Crippen LogP contribution in [0.3, 0.4) is 0 Å². The number of nitrogens with zero attached hydrogens (tertiary/aromatic N) is 2. The molecule has 44 heavy (non-hydrogen) atoms. The van der Waals surface area contributed by atoms with Gasteiger partial charge in [0.25, 0.3) is 5.78 Å². The fraction of sp³-hybridized carbons (Fsp3) is 0.212. The first-order valence-electron chi connectivity index (χ1n) is 13.7. The molecule has 5 rings (SSSR count). The van der Waals surface area contributed by atoms with Crippen molar-refractivity contribution in [2.45, 2.75) is 33.4 Å². The van der Waals surface area contributed by atoms with Gasteiger partial charge in [0.2, 0.25) is 0 Å². The van der Waals surface area contributed by atoms with Gasteiger partial charge in [0.05, 0.1) is 31.0 Å². The molecule has 1 aromatic heterocycles. The summed E-state index contributed by atoms with van der Waals surface area (Å²) >= 11 is 0.895. The van der Waals surface area contributed by atoms with Crippen LogP contribution in [0.25, 0.3) is 5.76 Å². The Balaban J connectivity index is 1.61. The van der Waals surface area contributed by atoms with Crippen LogP contribution >= 0.6 is 11.3 Å². The lowest BCUT2D eigenvalue weighted by Gasteiger charge is -2.23. The molecule has 1 fully saturated rings. The number of hydrogen-bond acceptors (Lipinski definition) is 10. The van der Waals surface area contributed by atoms with E-state index in [1.807, 2.05) is 37.3 Å². The van der Waals surface area contributed by atoms with E-state index in [1.165, 1.54) is 25.3 Å². The number of hydrogen-bond donors (Lipinski definition) is 2. The van der Waals surface area contributed by atoms with E-state index in [0.29, 0.717) is 34.7 Å². The molecule has 0 spiro atoms. The third kappa shape index (κ3) is 5.73. The van der Waals surface area contributed by atoms with Crippen molar-refractivity contribution in [2.24, 2.45) is 0 Å². The van der Waals surface area contributed by atoms with Gasteiger partial charge in [-0.15, -0.1) is 0 Å². The zero-order valence-corrected chi connectivity index (χ0v) is 25.3. The number of Topliss-reactive ketones (excluding diaryl/α,β-unsaturated/α-hetero) is 1. The lowest BCUT2D eigenvalue weighted by Crippen LogP contribution is -2.29. The lowest BCUT2D eigenvalue weighted by molar-refractivity contribution is -0.132. The van der Waals surface area contributed by atoms with Gasteiger partial charge in [-0.2, -0.15) is 0 Å². The fourth-order valence-corrected chi connectivity index (χ4v) is 5.95. The molecule has 2 N–H and O–H groups in total. The summed E-state index contributed by atoms with van der Waals surface area (Å²) in [6.07, 6.45) is 0. The van der Waals surface area contributed by atoms with Gasteiger partial charge >= 0.3 is 11.9 Å². The molecule has 1 amide bonds. The van der Waals surface area contributed by atoms with E-state index >= 15 is 0 Å². The van der Waals surface area contributed by atoms with Crippen molar-refractivity contribution in [3.05, 3.63) is 105 Å². The number of carbonyl (C=O) groups is 3. The van der Waals surface area contributed by atoms with Crippen molar-refractivity contribution < 1.29 is 38.8 Å². The van der Waals surface area contributed by atoms with Gasteiger partial charge in [0, 0.05) is 5.56 Å². The number of aliphatic hydroxyl groups excluding tert-OH is 1. The molecule has 1 atom stereocenters. The zero-order valence-electron chi connectivity index (χ0n) is 24.5. The second-order valence-corrected chi connectivity index (χ2v) is 11.0. The molecule has 11 heteroatoms. The number of ketones is 1. The molecule has 226 valence electrons. The number of aromatic hydroxyl groups is 1. The van der Waals surface area contributed by atoms with Crippen molar-refractivity contribution in [2.75, 3.05) is 18.6 Å². The second kappa shape index (κ2) is 12.6. The van der Waals surface area contributed by atoms with Crippen LogP contribution in [0.5, 0.6) is 17.2 Å². The Kier molecular flexibility index (Phi) is 8.68. The molecule has 0 bridgehead atoms. The Morgan fingerprint density at radius 1 is 1.00 bits per heavy atom. The summed E-state index contributed by atoms with van der Waals surface area (Å²) in [4.78, 5) is 45.3. The number of aliphatic hydroxyl groups is 1. The van der Waals surface area contributed by atoms with E-state index in [-0.39, 0.29) is 33.7 Å². The SMILES string of the molecule is CCOc1cc([C@H]2C(=C(O)c3ccc(OCc4ccccc4)c(C)c3)C(=O)C(=O)N2c2nc(C)c(C(=O)OC)s2)ccc1O. The van der Waals surface area contributed by atoms with E-state index in [1.54, 1.807) is 32.0 Å². The van der Waals surface area contributed by atoms with Crippen LogP contribution in [0, 0.1) is 13.8 Å². The van der Waals surface area contributed by atoms with E-state index in [4.69, 9.17) is 14.2 Å². The monoisotopic (exact) mass is 614 g/mol. The van der Waals surface area contributed by atoms with Gasteiger partial charge in [-0.3, -0.25) is 14.5 Å². The molecule has 1 aliphatic rings. The number of ether oxygens (including phenoxy) is 3. The van der Waals surface area contributed by atoms with Crippen LogP contribution in [0.1, 0.15) is 50.6 Å². The van der Waals surface area contributed by atoms with Gasteiger partial charge < -0.3 is 24.4 Å². The maximum absolute atomic E-state index is 13.6. The van der Waals surface area contributed by atoms with Crippen molar-refractivity contribution in [3.63, 3.8) is 0 Å². The number of esters is 1. The van der Waals surface area contributed by atoms with Crippen LogP contribution in [-0.4, -0.2) is 46.6 Å². The van der Waals surface area contributed by atoms with Crippen LogP contribution in [-0.2, 0) is 20.9 Å². The molecule has 0 unspecified atom stereocenters. The molecule has 0 saturated carbocycles. The normalized spacial score (nSPS) is 15.8. The molecular weight excluding hydrogens is 584 g/mol. The average Bonchev–Trinajstić information content (AvgIpc) is 3.53. The Hall–Kier alpha value is -5.16. The average molecular weight is 615 g/mol. The highest BCUT2D eigenvalue weighted by molar-refractivity contribution is 7.17. The Morgan fingerprint density at radius 3 is 2.43 bits per heavy atom. The van der Waals surface area contributed by atoms with E-state index in [2.05, 4.69) is 4.98 Å². The van der Waals surface area contributed by atoms with E-state index < -0.39 is 29.5 Å². The first kappa shape index (κ1) is 30.3. The molecule has 4 aromatic rings. The number of methoxy groups -OCH3 is 1. The number of phenols is 1. The van der Waals surface area contributed by atoms with Crippen LogP contribution in [0.2, 0.25) is 0 Å². The Labute approximate surface area is 257 Å². The van der Waals surface area contributed by atoms with Gasteiger partial charge in [0.15, 0.2) is 16.6 Å². The molecule has 10 nitrogen and oxygen atoms in total. The van der Waals surface area contributed by atoms with Gasteiger partial charge in [0.1, 0.15) is 23.0 Å². The predicted molar refractivity (Wildman–Crippen MR) is 164 cm³/mol. The predicted octanol–water partition coefficient (Wildman–Crippen LogP) is 5.86. The number of benzene rings is 3. The molecule has 1 aliphatic heterocycles. The standard InChI is InChI=1S/C33H30N2O8S/c1-5-42-25-16-21(11-13-23(25)36)27-26(29(38)31(39)35(27)33-34-19(3)30(44-33)32(40)41-4)28(37)22-12-14-24(18(2)15-22)43-17-20-9-7-6-8-10-20/h6-16,27,36-37H,5,17H2,1-4H3/t27-/m0/s1. The van der Waals surface area contributed by atoms with Crippen LogP contribution in [0.15, 0.2) is 72.3 Å². The third-order valence-electron chi connectivity index (χ3n) is 7.09. The number of aryl methyl sites for hydroxylation is 2. The van der Waals surface area contributed by atoms with Gasteiger partial charge in [-0.05, 0) is 67.8 Å². The van der Waals surface area contributed by atoms with Gasteiger partial charge in [-0.25, -0.2) is 9.78 Å². The summed E-state index contributed by atoms with van der Waals surface area (Å²) in [5.74, 6) is -2.31. The third-order valence-corrected chi connectivity index (χ3v) is 8.23. The minimum atomic E-state index is -1.15. The smallest absolute Gasteiger partial charge is 0.350 e. The van der Waals surface area contributed by atoms with Crippen LogP contribution in [0.4, 0.5) is 5.13 Å². The number of anilines is 1. The van der Waals surface area contributed by atoms with Crippen molar-refractivity contribution in [1.29, 1.82) is 0 Å². The van der Waals surface area contributed by atoms with E-state index in [9.17, 15) is 24.6 Å². The first-order chi connectivity index (χ1) is 21.1. The minimum absolute atomic E-state index is 0.0703. The zero-order chi connectivity index (χ0) is 31.5. The summed E-state index contributed by atoms with van der Waals surface area (Å²) in [5, 5.41) is 22.0. The fourth-order valence-electron chi connectivity index (χ4n) is 4.93. The topological polar surface area (TPSA) is 135 Å². The number of thiazole rings is 1. The highest BCUT2D eigenvalue weighted by Gasteiger charge is 2.48. The number of aromatic nitrogens is 1. The number of amides is 1. The first-order valence-corrected chi connectivity index (χ1v) is 14.6. The molecular formula is C33H30N2O8S. The van der Waals surface area contributed by atoms with E-state index in [0.717, 1.165) is 21.8 Å². The maximum Gasteiger partial charge on any atom is 0.350 e. The number of rotatable bonds is 9. The quantitative estimate of drug-likeness (QED) is 0.103. The largest absolute Gasteiger partial charge is 0.507 e. The van der Waals surface area contributed by atoms with Crippen molar-refractivity contribution in [1.82, 2.24) is 4.98 Å². The minimum Gasteiger partial charge on any atom is -0.507 e. The molecule has 0 aliphatic carbocycles. The van der Waals surface area contributed by atoms with Crippen molar-refractivity contribution >= 4 is 39.9 Å². The van der Waals surface area contributed by atoms with Crippen LogP contribution < -0.4 is 14.4 Å². The van der Waals surface area contributed by atoms with Gasteiger partial charge in [-0.1, -0.05) is 47.7 Å². The maximum atomic E-state index is 13.6. The number of phenolic OH excluding ortho intramolecular Hbond substituents is 1. The second-order valence-electron chi connectivity index (χ2n) is 9.99. The Morgan fingerprint density at radius 2 is 1.75 bits per heavy atom. The summed E-state index contributed by atoms with van der Waals surface area (Å²) < 4.78 is 16.4. The summed E-state index contributed by atoms with van der Waals surface area (Å²) in [7, 11) is 1.24. The molecule has 2 heterocycles. The molecule has 0 radical (unpaired) electrons. The highest BCUT2D eigenvalue weighted by Crippen LogP contribution is 2.45.